The van der Waals surface area contributed by atoms with Crippen LogP contribution in [-0.2, 0) is 97.9 Å². The molecule has 3 aliphatic rings. The first-order chi connectivity index (χ1) is 37.0. The van der Waals surface area contributed by atoms with Gasteiger partial charge < -0.3 is 119 Å². The van der Waals surface area contributed by atoms with Gasteiger partial charge in [-0.25, -0.2) is 13.7 Å². The van der Waals surface area contributed by atoms with E-state index in [0.29, 0.717) is 0 Å². The summed E-state index contributed by atoms with van der Waals surface area (Å²) in [5.41, 5.74) is -1.40. The van der Waals surface area contributed by atoms with Crippen molar-refractivity contribution in [3.05, 3.63) is 0 Å². The van der Waals surface area contributed by atoms with E-state index in [1.807, 2.05) is 0 Å². The summed E-state index contributed by atoms with van der Waals surface area (Å²) in [5, 5.41) is 97.5. The van der Waals surface area contributed by atoms with Crippen molar-refractivity contribution in [2.75, 3.05) is 99.7 Å². The van der Waals surface area contributed by atoms with Gasteiger partial charge in [0.05, 0.1) is 79.3 Å². The standard InChI is InChI=1S/C40H76N3O33P3/c1-21(2)40(15-62-18-71-77(56,57)68-9-6-65-37-28(41-22(3)47)34(53)31(50)25(12-44)74-37,16-63-19-72-78(58,59)69-10-7-66-38-29(42-23(4)48)35(54)32(51)26(13-45)75-38)17-64-20-73-79(60,61)70-11-8-67-39-30(43-24(5)49)36(55)33(52)27(14-46)76-39/h21,25-39,44-46,50-55H,6-20H2,1-5H3,(H,41,47)(H,42,48)(H,43,49)(H,56,57)(H,58,59)(H,60,61)/t25?,26?,27?,28?,29?,30?,31-,32-,33-,34+,35+,36+,37+,38+,39+,40?/m0/s1. The number of phosphoric acid groups is 3. The molecule has 464 valence electrons. The second kappa shape index (κ2) is 34.1. The maximum absolute atomic E-state index is 12.8. The molecule has 3 aliphatic heterocycles. The minimum atomic E-state index is -4.93. The minimum absolute atomic E-state index is 0.482. The molecule has 39 heteroatoms. The highest BCUT2D eigenvalue weighted by molar-refractivity contribution is 7.47. The van der Waals surface area contributed by atoms with Gasteiger partial charge in [-0.05, 0) is 5.92 Å². The Kier molecular flexibility index (Phi) is 30.8. The van der Waals surface area contributed by atoms with Crippen LogP contribution in [0, 0.1) is 11.3 Å². The van der Waals surface area contributed by atoms with E-state index in [4.69, 9.17) is 69.8 Å². The number of aliphatic hydroxyl groups is 9. The Morgan fingerprint density at radius 3 is 0.924 bits per heavy atom. The van der Waals surface area contributed by atoms with Gasteiger partial charge in [-0.3, -0.25) is 41.5 Å². The Balaban J connectivity index is 1.60. The molecule has 0 radical (unpaired) electrons. The van der Waals surface area contributed by atoms with Crippen LogP contribution < -0.4 is 16.0 Å². The summed E-state index contributed by atoms with van der Waals surface area (Å²) in [6, 6.07) is -3.95. The van der Waals surface area contributed by atoms with Crippen molar-refractivity contribution in [2.45, 2.75) is 127 Å². The van der Waals surface area contributed by atoms with Crippen molar-refractivity contribution in [1.82, 2.24) is 16.0 Å². The molecule has 9 unspecified atom stereocenters. The molecular weight excluding hydrogens is 1140 g/mol. The topological polar surface area (TPSA) is 520 Å². The zero-order chi connectivity index (χ0) is 59.3. The Labute approximate surface area is 452 Å². The highest BCUT2D eigenvalue weighted by Crippen LogP contribution is 2.45. The van der Waals surface area contributed by atoms with Crippen molar-refractivity contribution in [2.24, 2.45) is 11.3 Å². The van der Waals surface area contributed by atoms with Crippen molar-refractivity contribution >= 4 is 41.2 Å². The number of nitrogens with one attached hydrogen (secondary N) is 3. The lowest BCUT2D eigenvalue weighted by Gasteiger charge is -2.42. The van der Waals surface area contributed by atoms with Gasteiger partial charge in [-0.15, -0.1) is 0 Å². The van der Waals surface area contributed by atoms with Crippen molar-refractivity contribution in [3.63, 3.8) is 0 Å². The van der Waals surface area contributed by atoms with Crippen LogP contribution in [0.25, 0.3) is 0 Å². The van der Waals surface area contributed by atoms with Gasteiger partial charge in [0.1, 0.15) is 73.1 Å². The van der Waals surface area contributed by atoms with Gasteiger partial charge in [0, 0.05) is 26.2 Å². The second-order valence-electron chi connectivity index (χ2n) is 18.1. The fourth-order valence-corrected chi connectivity index (χ4v) is 9.34. The zero-order valence-electron chi connectivity index (χ0n) is 43.6. The summed E-state index contributed by atoms with van der Waals surface area (Å²) in [7, 11) is -14.8. The van der Waals surface area contributed by atoms with Crippen LogP contribution in [0.15, 0.2) is 0 Å². The van der Waals surface area contributed by atoms with Crippen LogP contribution >= 0.6 is 23.5 Å². The van der Waals surface area contributed by atoms with Crippen LogP contribution in [0.1, 0.15) is 34.6 Å². The molecule has 15 N–H and O–H groups in total. The molecule has 3 rings (SSSR count). The Hall–Kier alpha value is -1.98. The minimum Gasteiger partial charge on any atom is -0.394 e. The Morgan fingerprint density at radius 1 is 0.456 bits per heavy atom. The summed E-state index contributed by atoms with van der Waals surface area (Å²) in [5.74, 6) is -2.45. The van der Waals surface area contributed by atoms with E-state index < -0.39 is 244 Å². The molecule has 0 spiro atoms. The summed E-state index contributed by atoms with van der Waals surface area (Å²) >= 11 is 0. The summed E-state index contributed by atoms with van der Waals surface area (Å²) < 4.78 is 117. The number of rotatable bonds is 37. The SMILES string of the molecule is CC(=O)NC1[C@H](OCCOP(=O)(O)OCOCC(COCOP(=O)(O)OCCO[C@@H]2OC(CO)[C@H](O)[C@H](O)C2NC(C)=O)(COCOP(=O)(O)OCCO[C@@H]2OC(CO)[C@H](O)[C@H](O)C2NC(C)=O)C(C)C)OC(CO)[C@H](O)[C@@H]1O. The lowest BCUT2D eigenvalue weighted by atomic mass is 9.79. The molecule has 3 saturated heterocycles. The van der Waals surface area contributed by atoms with E-state index in [2.05, 4.69) is 16.0 Å². The van der Waals surface area contributed by atoms with Crippen LogP contribution in [0.2, 0.25) is 0 Å². The molecule has 0 aromatic carbocycles. The summed E-state index contributed by atoms with van der Waals surface area (Å²) in [6.45, 7) is -3.39. The van der Waals surface area contributed by atoms with Gasteiger partial charge in [0.15, 0.2) is 39.2 Å². The molecule has 3 amide bonds. The molecule has 0 saturated carbocycles. The number of amides is 3. The molecule has 3 heterocycles. The van der Waals surface area contributed by atoms with Gasteiger partial charge >= 0.3 is 23.5 Å². The molecule has 79 heavy (non-hydrogen) atoms. The third-order valence-corrected chi connectivity index (χ3v) is 14.7. The van der Waals surface area contributed by atoms with Gasteiger partial charge in [-0.1, -0.05) is 13.8 Å². The average Bonchev–Trinajstić information content (AvgIpc) is 3.37. The van der Waals surface area contributed by atoms with E-state index in [1.54, 1.807) is 13.8 Å². The maximum Gasteiger partial charge on any atom is 0.474 e. The lowest BCUT2D eigenvalue weighted by Crippen LogP contribution is -2.64. The molecule has 0 aliphatic carbocycles. The van der Waals surface area contributed by atoms with Crippen LogP contribution in [-0.4, -0.2) is 270 Å². The molecule has 36 nitrogen and oxygen atoms in total. The Bertz CT molecular complexity index is 1780. The normalized spacial score (nSPS) is 32.5. The summed E-state index contributed by atoms with van der Waals surface area (Å²) in [6.07, 6.45) is -18.0. The Morgan fingerprint density at radius 2 is 0.709 bits per heavy atom. The molecule has 0 aromatic heterocycles. The molecule has 0 aromatic rings. The van der Waals surface area contributed by atoms with Crippen LogP contribution in [0.5, 0.6) is 0 Å². The average molecular weight is 1220 g/mol. The number of carbonyl (C=O) groups is 3. The van der Waals surface area contributed by atoms with Gasteiger partial charge in [-0.2, -0.15) is 0 Å². The highest BCUT2D eigenvalue weighted by atomic mass is 31.2. The number of ether oxygens (including phenoxy) is 9. The highest BCUT2D eigenvalue weighted by Gasteiger charge is 2.48. The van der Waals surface area contributed by atoms with E-state index >= 15 is 0 Å². The molecule has 18 atom stereocenters. The number of aliphatic hydroxyl groups excluding tert-OH is 9. The van der Waals surface area contributed by atoms with E-state index in [9.17, 15) is 88.7 Å². The van der Waals surface area contributed by atoms with E-state index in [-0.39, 0.29) is 0 Å². The first-order valence-corrected chi connectivity index (χ1v) is 28.6. The molecular formula is C40H76N3O33P3. The van der Waals surface area contributed by atoms with Crippen molar-refractivity contribution in [1.29, 1.82) is 0 Å². The smallest absolute Gasteiger partial charge is 0.394 e. The monoisotopic (exact) mass is 1220 g/mol. The predicted molar refractivity (Wildman–Crippen MR) is 254 cm³/mol. The molecule has 3 fully saturated rings. The number of carbonyl (C=O) groups excluding carboxylic acids is 3. The van der Waals surface area contributed by atoms with Crippen LogP contribution in [0.3, 0.4) is 0 Å². The van der Waals surface area contributed by atoms with Gasteiger partial charge in [0.2, 0.25) is 17.7 Å². The zero-order valence-corrected chi connectivity index (χ0v) is 46.3. The van der Waals surface area contributed by atoms with E-state index in [1.165, 1.54) is 0 Å². The second-order valence-corrected chi connectivity index (χ2v) is 22.5. The summed E-state index contributed by atoms with van der Waals surface area (Å²) in [4.78, 5) is 66.1. The molecule has 0 bridgehead atoms. The van der Waals surface area contributed by atoms with Crippen molar-refractivity contribution < 1.29 is 158 Å². The first-order valence-electron chi connectivity index (χ1n) is 24.1. The quantitative estimate of drug-likeness (QED) is 0.0156. The van der Waals surface area contributed by atoms with Crippen molar-refractivity contribution in [3.8, 4) is 0 Å². The maximum atomic E-state index is 12.8. The largest absolute Gasteiger partial charge is 0.474 e. The fourth-order valence-electron chi connectivity index (χ4n) is 7.57. The number of hydrogen-bond acceptors (Lipinski definition) is 30. The van der Waals surface area contributed by atoms with E-state index in [0.717, 1.165) is 20.8 Å². The lowest BCUT2D eigenvalue weighted by molar-refractivity contribution is -0.271. The predicted octanol–water partition coefficient (Wildman–Crippen LogP) is -6.17. The third-order valence-electron chi connectivity index (χ3n) is 11.9. The number of phosphoric ester groups is 3. The van der Waals surface area contributed by atoms with Crippen LogP contribution in [0.4, 0.5) is 0 Å². The van der Waals surface area contributed by atoms with Gasteiger partial charge in [0.25, 0.3) is 0 Å². The number of hydrogen-bond donors (Lipinski definition) is 15. The fraction of sp³-hybridized carbons (Fsp3) is 0.925. The first kappa shape index (κ1) is 71.3. The third kappa shape index (κ3) is 23.5.